The molecule has 3 aromatic rings. The summed E-state index contributed by atoms with van der Waals surface area (Å²) >= 11 is 6.01. The molecule has 1 heterocycles. The molecular formula is C21H16ClNO. The average molecular weight is 334 g/mol. The van der Waals surface area contributed by atoms with Crippen molar-refractivity contribution < 1.29 is 4.79 Å². The molecule has 1 N–H and O–H groups in total. The zero-order valence-electron chi connectivity index (χ0n) is 13.0. The number of fused-ring (bicyclic) bond motifs is 1. The summed E-state index contributed by atoms with van der Waals surface area (Å²) in [6.45, 7) is 0. The van der Waals surface area contributed by atoms with E-state index < -0.39 is 0 Å². The average Bonchev–Trinajstić information content (AvgIpc) is 2.62. The molecule has 4 rings (SSSR count). The third-order valence-corrected chi connectivity index (χ3v) is 4.72. The summed E-state index contributed by atoms with van der Waals surface area (Å²) in [6.07, 6.45) is 0.451. The van der Waals surface area contributed by atoms with Gasteiger partial charge in [-0.05, 0) is 46.5 Å². The van der Waals surface area contributed by atoms with Crippen molar-refractivity contribution in [2.24, 2.45) is 0 Å². The minimum Gasteiger partial charge on any atom is -0.326 e. The molecule has 0 spiro atoms. The second-order valence-corrected chi connectivity index (χ2v) is 6.46. The lowest BCUT2D eigenvalue weighted by Gasteiger charge is -2.26. The number of benzene rings is 3. The van der Waals surface area contributed by atoms with Crippen molar-refractivity contribution in [3.63, 3.8) is 0 Å². The third kappa shape index (κ3) is 2.81. The number of amides is 1. The second kappa shape index (κ2) is 6.14. The van der Waals surface area contributed by atoms with E-state index in [0.29, 0.717) is 11.4 Å². The van der Waals surface area contributed by atoms with Crippen LogP contribution in [0.3, 0.4) is 0 Å². The zero-order valence-corrected chi connectivity index (χ0v) is 13.8. The first-order valence-corrected chi connectivity index (χ1v) is 8.33. The number of rotatable bonds is 2. The maximum atomic E-state index is 12.1. The smallest absolute Gasteiger partial charge is 0.225 e. The normalized spacial score (nSPS) is 16.4. The fraction of sp³-hybridized carbons (Fsp3) is 0.0952. The van der Waals surface area contributed by atoms with Gasteiger partial charge in [0.2, 0.25) is 5.91 Å². The van der Waals surface area contributed by atoms with Crippen LogP contribution in [0.1, 0.15) is 23.5 Å². The minimum absolute atomic E-state index is 0.0506. The van der Waals surface area contributed by atoms with Gasteiger partial charge in [-0.1, -0.05) is 60.1 Å². The first-order chi connectivity index (χ1) is 11.7. The SMILES string of the molecule is O=C1CC(c2ccc(Cl)cc2)c2cc(-c3ccccc3)ccc2N1. The molecule has 1 aliphatic heterocycles. The van der Waals surface area contributed by atoms with Gasteiger partial charge in [-0.15, -0.1) is 0 Å². The molecule has 0 saturated carbocycles. The van der Waals surface area contributed by atoms with Crippen LogP contribution in [-0.4, -0.2) is 5.91 Å². The maximum Gasteiger partial charge on any atom is 0.225 e. The van der Waals surface area contributed by atoms with E-state index in [-0.39, 0.29) is 11.8 Å². The van der Waals surface area contributed by atoms with Crippen LogP contribution in [0.15, 0.2) is 72.8 Å². The first kappa shape index (κ1) is 15.0. The monoisotopic (exact) mass is 333 g/mol. The number of nitrogens with one attached hydrogen (secondary N) is 1. The standard InChI is InChI=1S/C21H16ClNO/c22-17-9-6-15(7-10-17)18-13-21(24)23-20-11-8-16(12-19(18)20)14-4-2-1-3-5-14/h1-12,18H,13H2,(H,23,24). The van der Waals surface area contributed by atoms with Crippen molar-refractivity contribution in [3.05, 3.63) is 88.9 Å². The van der Waals surface area contributed by atoms with Gasteiger partial charge in [0.1, 0.15) is 0 Å². The predicted molar refractivity (Wildman–Crippen MR) is 98.4 cm³/mol. The molecule has 2 nitrogen and oxygen atoms in total. The quantitative estimate of drug-likeness (QED) is 0.661. The Labute approximate surface area is 146 Å². The number of carbonyl (C=O) groups is 1. The highest BCUT2D eigenvalue weighted by atomic mass is 35.5. The van der Waals surface area contributed by atoms with Gasteiger partial charge in [-0.25, -0.2) is 0 Å². The van der Waals surface area contributed by atoms with Crippen LogP contribution in [0, 0.1) is 0 Å². The van der Waals surface area contributed by atoms with Crippen LogP contribution in [-0.2, 0) is 4.79 Å². The van der Waals surface area contributed by atoms with Crippen molar-refractivity contribution in [1.29, 1.82) is 0 Å². The fourth-order valence-electron chi connectivity index (χ4n) is 3.26. The molecule has 0 fully saturated rings. The number of hydrogen-bond acceptors (Lipinski definition) is 1. The lowest BCUT2D eigenvalue weighted by atomic mass is 9.83. The molecule has 1 amide bonds. The number of carbonyl (C=O) groups excluding carboxylic acids is 1. The van der Waals surface area contributed by atoms with Crippen molar-refractivity contribution in [3.8, 4) is 11.1 Å². The second-order valence-electron chi connectivity index (χ2n) is 6.02. The molecule has 1 atom stereocenters. The lowest BCUT2D eigenvalue weighted by Crippen LogP contribution is -2.23. The highest BCUT2D eigenvalue weighted by molar-refractivity contribution is 6.30. The van der Waals surface area contributed by atoms with Crippen LogP contribution in [0.5, 0.6) is 0 Å². The molecule has 0 saturated heterocycles. The number of halogens is 1. The molecule has 1 unspecified atom stereocenters. The summed E-state index contributed by atoms with van der Waals surface area (Å²) in [5, 5.41) is 3.69. The molecule has 0 bridgehead atoms. The predicted octanol–water partition coefficient (Wildman–Crippen LogP) is 5.48. The molecule has 0 radical (unpaired) electrons. The molecule has 3 aromatic carbocycles. The van der Waals surface area contributed by atoms with E-state index in [1.54, 1.807) is 0 Å². The van der Waals surface area contributed by atoms with E-state index >= 15 is 0 Å². The van der Waals surface area contributed by atoms with Crippen LogP contribution >= 0.6 is 11.6 Å². The Hall–Kier alpha value is -2.58. The molecule has 0 aliphatic carbocycles. The first-order valence-electron chi connectivity index (χ1n) is 7.95. The minimum atomic E-state index is 0.0506. The maximum absolute atomic E-state index is 12.1. The fourth-order valence-corrected chi connectivity index (χ4v) is 3.39. The van der Waals surface area contributed by atoms with Gasteiger partial charge in [0, 0.05) is 23.0 Å². The van der Waals surface area contributed by atoms with Crippen LogP contribution in [0.4, 0.5) is 5.69 Å². The molecule has 118 valence electrons. The molecule has 24 heavy (non-hydrogen) atoms. The van der Waals surface area contributed by atoms with Crippen molar-refractivity contribution in [2.75, 3.05) is 5.32 Å². The van der Waals surface area contributed by atoms with E-state index in [9.17, 15) is 4.79 Å². The van der Waals surface area contributed by atoms with Crippen LogP contribution in [0.2, 0.25) is 5.02 Å². The summed E-state index contributed by atoms with van der Waals surface area (Å²) in [7, 11) is 0. The van der Waals surface area contributed by atoms with Gasteiger partial charge in [0.15, 0.2) is 0 Å². The van der Waals surface area contributed by atoms with E-state index in [4.69, 9.17) is 11.6 Å². The summed E-state index contributed by atoms with van der Waals surface area (Å²) in [6, 6.07) is 24.3. The third-order valence-electron chi connectivity index (χ3n) is 4.47. The summed E-state index contributed by atoms with van der Waals surface area (Å²) in [5.74, 6) is 0.101. The molecule has 3 heteroatoms. The number of hydrogen-bond donors (Lipinski definition) is 1. The van der Waals surface area contributed by atoms with E-state index in [2.05, 4.69) is 29.6 Å². The Morgan fingerprint density at radius 1 is 0.875 bits per heavy atom. The Kier molecular flexibility index (Phi) is 3.83. The summed E-state index contributed by atoms with van der Waals surface area (Å²) in [5.41, 5.74) is 5.49. The van der Waals surface area contributed by atoms with E-state index in [0.717, 1.165) is 22.4 Å². The van der Waals surface area contributed by atoms with E-state index in [1.165, 1.54) is 5.56 Å². The van der Waals surface area contributed by atoms with E-state index in [1.807, 2.05) is 48.5 Å². The van der Waals surface area contributed by atoms with Gasteiger partial charge in [0.05, 0.1) is 0 Å². The van der Waals surface area contributed by atoms with Crippen molar-refractivity contribution >= 4 is 23.2 Å². The van der Waals surface area contributed by atoms with Crippen LogP contribution < -0.4 is 5.32 Å². The van der Waals surface area contributed by atoms with Gasteiger partial charge >= 0.3 is 0 Å². The summed E-state index contributed by atoms with van der Waals surface area (Å²) in [4.78, 5) is 12.1. The Morgan fingerprint density at radius 3 is 2.38 bits per heavy atom. The largest absolute Gasteiger partial charge is 0.326 e. The molecular weight excluding hydrogens is 318 g/mol. The van der Waals surface area contributed by atoms with Gasteiger partial charge in [-0.3, -0.25) is 4.79 Å². The lowest BCUT2D eigenvalue weighted by molar-refractivity contribution is -0.116. The van der Waals surface area contributed by atoms with Gasteiger partial charge in [0.25, 0.3) is 0 Å². The molecule has 0 aromatic heterocycles. The summed E-state index contributed by atoms with van der Waals surface area (Å²) < 4.78 is 0. The van der Waals surface area contributed by atoms with Gasteiger partial charge < -0.3 is 5.32 Å². The zero-order chi connectivity index (χ0) is 16.5. The van der Waals surface area contributed by atoms with Crippen LogP contribution in [0.25, 0.3) is 11.1 Å². The Balaban J connectivity index is 1.81. The molecule has 1 aliphatic rings. The number of anilines is 1. The van der Waals surface area contributed by atoms with Crippen molar-refractivity contribution in [1.82, 2.24) is 0 Å². The highest BCUT2D eigenvalue weighted by Crippen LogP contribution is 2.39. The van der Waals surface area contributed by atoms with Gasteiger partial charge in [-0.2, -0.15) is 0 Å². The van der Waals surface area contributed by atoms with Crippen molar-refractivity contribution in [2.45, 2.75) is 12.3 Å². The Morgan fingerprint density at radius 2 is 1.62 bits per heavy atom. The highest BCUT2D eigenvalue weighted by Gasteiger charge is 2.26. The Bertz CT molecular complexity index is 887. The topological polar surface area (TPSA) is 29.1 Å².